The van der Waals surface area contributed by atoms with E-state index in [4.69, 9.17) is 0 Å². The highest BCUT2D eigenvalue weighted by Gasteiger charge is 2.30. The first-order valence-corrected chi connectivity index (χ1v) is 13.0. The molecule has 0 unspecified atom stereocenters. The van der Waals surface area contributed by atoms with Crippen LogP contribution in [0.3, 0.4) is 0 Å². The number of rotatable bonds is 6. The normalized spacial score (nSPS) is 17.4. The highest BCUT2D eigenvalue weighted by Crippen LogP contribution is 2.31. The quantitative estimate of drug-likeness (QED) is 0.333. The summed E-state index contributed by atoms with van der Waals surface area (Å²) in [6, 6.07) is 13.9. The molecule has 4 rings (SSSR count). The number of fused-ring (bicyclic) bond motifs is 1. The van der Waals surface area contributed by atoms with Crippen LogP contribution in [0.15, 0.2) is 48.5 Å². The maximum atomic E-state index is 13.4. The van der Waals surface area contributed by atoms with E-state index in [0.29, 0.717) is 28.0 Å². The zero-order valence-electron chi connectivity index (χ0n) is 19.9. The molecule has 0 aliphatic carbocycles. The van der Waals surface area contributed by atoms with Crippen LogP contribution in [0.25, 0.3) is 10.9 Å². The van der Waals surface area contributed by atoms with E-state index < -0.39 is 23.5 Å². The Bertz CT molecular complexity index is 1250. The van der Waals surface area contributed by atoms with E-state index in [1.807, 2.05) is 6.07 Å². The molecule has 2 heterocycles. The van der Waals surface area contributed by atoms with E-state index >= 15 is 0 Å². The van der Waals surface area contributed by atoms with Crippen molar-refractivity contribution in [3.8, 4) is 11.8 Å². The Hall–Kier alpha value is -3.29. The minimum Gasteiger partial charge on any atom is -0.382 e. The summed E-state index contributed by atoms with van der Waals surface area (Å²) in [4.78, 5) is 10.7. The second-order valence-electron chi connectivity index (χ2n) is 8.13. The SMILES string of the molecule is CN.O=Cc1ccc(NCC#Cc2cc3c(NC4CCS(=O)CC4)cccc3n2CC(F)(F)F)cc1. The topological polar surface area (TPSA) is 89.2 Å². The highest BCUT2D eigenvalue weighted by molar-refractivity contribution is 7.85. The van der Waals surface area contributed by atoms with Crippen molar-refractivity contribution in [2.45, 2.75) is 31.6 Å². The van der Waals surface area contributed by atoms with Crippen molar-refractivity contribution >= 4 is 39.4 Å². The van der Waals surface area contributed by atoms with Gasteiger partial charge in [-0.1, -0.05) is 12.0 Å². The summed E-state index contributed by atoms with van der Waals surface area (Å²) < 4.78 is 52.9. The first-order valence-electron chi connectivity index (χ1n) is 11.5. The van der Waals surface area contributed by atoms with Gasteiger partial charge in [0.1, 0.15) is 12.8 Å². The molecule has 0 amide bonds. The van der Waals surface area contributed by atoms with Crippen LogP contribution in [-0.4, -0.2) is 52.4 Å². The summed E-state index contributed by atoms with van der Waals surface area (Å²) in [7, 11) is 0.714. The molecule has 0 atom stereocenters. The van der Waals surface area contributed by atoms with Gasteiger partial charge in [0, 0.05) is 50.7 Å². The van der Waals surface area contributed by atoms with Gasteiger partial charge in [0.15, 0.2) is 0 Å². The van der Waals surface area contributed by atoms with Crippen molar-refractivity contribution in [2.24, 2.45) is 5.73 Å². The van der Waals surface area contributed by atoms with E-state index in [1.54, 1.807) is 42.5 Å². The number of hydrogen-bond acceptors (Lipinski definition) is 5. The smallest absolute Gasteiger partial charge is 0.382 e. The number of hydrogen-bond donors (Lipinski definition) is 3. The van der Waals surface area contributed by atoms with Crippen LogP contribution < -0.4 is 16.4 Å². The largest absolute Gasteiger partial charge is 0.406 e. The first kappa shape index (κ1) is 27.3. The summed E-state index contributed by atoms with van der Waals surface area (Å²) in [6.07, 6.45) is -2.12. The van der Waals surface area contributed by atoms with Crippen molar-refractivity contribution in [3.05, 3.63) is 59.8 Å². The second-order valence-corrected chi connectivity index (χ2v) is 9.83. The van der Waals surface area contributed by atoms with Gasteiger partial charge in [0.2, 0.25) is 0 Å². The standard InChI is InChI=1S/C25H24F3N3O2S.CH5N/c26-25(27,28)17-31-21(3-2-12-29-19-8-6-18(16-32)7-9-19)15-22-23(4-1-5-24(22)31)30-20-10-13-34(33)14-11-20;1-2/h1,4-9,15-16,20,29-30H,10-14,17H2;2H2,1H3. The van der Waals surface area contributed by atoms with Gasteiger partial charge in [0.25, 0.3) is 0 Å². The molecule has 36 heavy (non-hydrogen) atoms. The van der Waals surface area contributed by atoms with Crippen molar-refractivity contribution in [3.63, 3.8) is 0 Å². The summed E-state index contributed by atoms with van der Waals surface area (Å²) in [5.74, 6) is 7.04. The molecule has 6 nitrogen and oxygen atoms in total. The monoisotopic (exact) mass is 518 g/mol. The molecule has 10 heteroatoms. The van der Waals surface area contributed by atoms with Crippen LogP contribution in [0.1, 0.15) is 28.9 Å². The van der Waals surface area contributed by atoms with Crippen molar-refractivity contribution < 1.29 is 22.2 Å². The van der Waals surface area contributed by atoms with Gasteiger partial charge in [-0.3, -0.25) is 9.00 Å². The average molecular weight is 519 g/mol. The van der Waals surface area contributed by atoms with Crippen LogP contribution in [-0.2, 0) is 17.3 Å². The van der Waals surface area contributed by atoms with Crippen LogP contribution in [0, 0.1) is 11.8 Å². The summed E-state index contributed by atoms with van der Waals surface area (Å²) >= 11 is 0. The van der Waals surface area contributed by atoms with Gasteiger partial charge in [-0.25, -0.2) is 0 Å². The van der Waals surface area contributed by atoms with Gasteiger partial charge in [-0.05, 0) is 68.3 Å². The number of nitrogens with zero attached hydrogens (tertiary/aromatic N) is 1. The molecule has 4 N–H and O–H groups in total. The van der Waals surface area contributed by atoms with Crippen molar-refractivity contribution in [1.29, 1.82) is 0 Å². The lowest BCUT2D eigenvalue weighted by molar-refractivity contribution is -0.140. The van der Waals surface area contributed by atoms with Gasteiger partial charge in [-0.15, -0.1) is 0 Å². The highest BCUT2D eigenvalue weighted by atomic mass is 32.2. The lowest BCUT2D eigenvalue weighted by Crippen LogP contribution is -2.29. The van der Waals surface area contributed by atoms with Gasteiger partial charge in [-0.2, -0.15) is 13.2 Å². The predicted molar refractivity (Wildman–Crippen MR) is 140 cm³/mol. The number of aromatic nitrogens is 1. The Labute approximate surface area is 210 Å². The molecular weight excluding hydrogens is 489 g/mol. The molecule has 0 bridgehead atoms. The third-order valence-corrected chi connectivity index (χ3v) is 7.06. The number of anilines is 2. The van der Waals surface area contributed by atoms with Gasteiger partial charge in [0.05, 0.1) is 17.8 Å². The van der Waals surface area contributed by atoms with Crippen LogP contribution >= 0.6 is 0 Å². The lowest BCUT2D eigenvalue weighted by atomic mass is 10.1. The minimum atomic E-state index is -4.39. The Morgan fingerprint density at radius 1 is 1.14 bits per heavy atom. The number of halogens is 3. The van der Waals surface area contributed by atoms with E-state index in [9.17, 15) is 22.2 Å². The van der Waals surface area contributed by atoms with E-state index in [-0.39, 0.29) is 18.3 Å². The number of nitrogens with two attached hydrogens (primary N) is 1. The van der Waals surface area contributed by atoms with Crippen LogP contribution in [0.5, 0.6) is 0 Å². The number of nitrogens with one attached hydrogen (secondary N) is 2. The van der Waals surface area contributed by atoms with Gasteiger partial charge < -0.3 is 20.9 Å². The van der Waals surface area contributed by atoms with Crippen molar-refractivity contribution in [1.82, 2.24) is 4.57 Å². The Morgan fingerprint density at radius 2 is 1.83 bits per heavy atom. The van der Waals surface area contributed by atoms with Crippen molar-refractivity contribution in [2.75, 3.05) is 35.7 Å². The summed E-state index contributed by atoms with van der Waals surface area (Å²) in [5, 5.41) is 7.19. The molecule has 0 radical (unpaired) electrons. The molecule has 0 spiro atoms. The first-order chi connectivity index (χ1) is 17.3. The van der Waals surface area contributed by atoms with Crippen LogP contribution in [0.4, 0.5) is 24.5 Å². The van der Waals surface area contributed by atoms with E-state index in [1.165, 1.54) is 11.6 Å². The Balaban J connectivity index is 0.00000176. The molecule has 1 aromatic heterocycles. The zero-order chi connectivity index (χ0) is 26.1. The molecule has 1 aliphatic rings. The van der Waals surface area contributed by atoms with Gasteiger partial charge >= 0.3 is 6.18 Å². The average Bonchev–Trinajstić information content (AvgIpc) is 3.21. The molecule has 1 aliphatic heterocycles. The fourth-order valence-corrected chi connectivity index (χ4v) is 5.28. The maximum Gasteiger partial charge on any atom is 0.406 e. The second kappa shape index (κ2) is 12.6. The molecule has 2 aromatic carbocycles. The molecule has 1 fully saturated rings. The number of benzene rings is 2. The number of carbonyl (C=O) groups excluding carboxylic acids is 1. The Morgan fingerprint density at radius 3 is 2.47 bits per heavy atom. The molecule has 3 aromatic rings. The Kier molecular flexibility index (Phi) is 9.56. The minimum absolute atomic E-state index is 0.138. The molecular formula is C26H29F3N4O2S. The van der Waals surface area contributed by atoms with E-state index in [0.717, 1.165) is 30.5 Å². The third-order valence-electron chi connectivity index (χ3n) is 5.67. The molecule has 1 saturated heterocycles. The fraction of sp³-hybridized carbons (Fsp3) is 0.346. The molecule has 0 saturated carbocycles. The van der Waals surface area contributed by atoms with E-state index in [2.05, 4.69) is 28.2 Å². The fourth-order valence-electron chi connectivity index (χ4n) is 3.98. The lowest BCUT2D eigenvalue weighted by Gasteiger charge is -2.24. The predicted octanol–water partition coefficient (Wildman–Crippen LogP) is 4.38. The number of aldehydes is 1. The number of alkyl halides is 3. The maximum absolute atomic E-state index is 13.4. The number of carbonyl (C=O) groups is 1. The summed E-state index contributed by atoms with van der Waals surface area (Å²) in [6.45, 7) is -0.898. The third kappa shape index (κ3) is 7.35. The molecule has 192 valence electrons. The summed E-state index contributed by atoms with van der Waals surface area (Å²) in [5.41, 5.74) is 7.32. The zero-order valence-corrected chi connectivity index (χ0v) is 20.7. The van der Waals surface area contributed by atoms with Crippen LogP contribution in [0.2, 0.25) is 0 Å².